The van der Waals surface area contributed by atoms with Crippen LogP contribution in [0.2, 0.25) is 0 Å². The van der Waals surface area contributed by atoms with Crippen molar-refractivity contribution in [2.45, 2.75) is 33.7 Å². The molecule has 0 atom stereocenters. The number of hydrogen-bond donors (Lipinski definition) is 0. The second-order valence-corrected chi connectivity index (χ2v) is 8.38. The third-order valence-electron chi connectivity index (χ3n) is 5.60. The lowest BCUT2D eigenvalue weighted by molar-refractivity contribution is 0.293. The molecule has 1 heterocycles. The van der Waals surface area contributed by atoms with E-state index in [1.807, 2.05) is 49.4 Å². The molecular weight excluding hydrogens is 434 g/mol. The first-order valence-electron chi connectivity index (χ1n) is 11.5. The predicted molar refractivity (Wildman–Crippen MR) is 136 cm³/mol. The quantitative estimate of drug-likeness (QED) is 0.347. The van der Waals surface area contributed by atoms with E-state index in [4.69, 9.17) is 19.2 Å². The summed E-state index contributed by atoms with van der Waals surface area (Å²) in [6, 6.07) is 13.8. The third-order valence-corrected chi connectivity index (χ3v) is 6.47. The Bertz CT molecular complexity index is 1070. The SMILES string of the molecule is CCOc1ccc(N=c2scc(-c3cc(OC)ccc3OC)n2CCCN(CC)CC)cc1. The Morgan fingerprint density at radius 2 is 1.67 bits per heavy atom. The van der Waals surface area contributed by atoms with E-state index in [0.29, 0.717) is 6.61 Å². The van der Waals surface area contributed by atoms with Gasteiger partial charge in [0.2, 0.25) is 0 Å². The van der Waals surface area contributed by atoms with Crippen LogP contribution in [0.3, 0.4) is 0 Å². The Labute approximate surface area is 201 Å². The number of thiazole rings is 1. The van der Waals surface area contributed by atoms with Crippen molar-refractivity contribution in [3.8, 4) is 28.5 Å². The number of rotatable bonds is 12. The fraction of sp³-hybridized carbons (Fsp3) is 0.423. The summed E-state index contributed by atoms with van der Waals surface area (Å²) in [5.41, 5.74) is 2.99. The average Bonchev–Trinajstić information content (AvgIpc) is 3.24. The molecule has 0 aliphatic rings. The smallest absolute Gasteiger partial charge is 0.190 e. The van der Waals surface area contributed by atoms with E-state index < -0.39 is 0 Å². The number of methoxy groups -OCH3 is 2. The predicted octanol–water partition coefficient (Wildman–Crippen LogP) is 5.60. The molecule has 0 unspecified atom stereocenters. The van der Waals surface area contributed by atoms with E-state index in [1.54, 1.807) is 25.6 Å². The van der Waals surface area contributed by atoms with E-state index in [9.17, 15) is 0 Å². The average molecular weight is 470 g/mol. The molecule has 0 radical (unpaired) electrons. The van der Waals surface area contributed by atoms with Crippen LogP contribution in [0.15, 0.2) is 52.8 Å². The van der Waals surface area contributed by atoms with E-state index >= 15 is 0 Å². The summed E-state index contributed by atoms with van der Waals surface area (Å²) in [5, 5.41) is 2.15. The Morgan fingerprint density at radius 1 is 0.939 bits per heavy atom. The van der Waals surface area contributed by atoms with Gasteiger partial charge in [-0.05, 0) is 75.4 Å². The molecule has 1 aromatic heterocycles. The van der Waals surface area contributed by atoms with Gasteiger partial charge in [-0.3, -0.25) is 0 Å². The summed E-state index contributed by atoms with van der Waals surface area (Å²) in [6.45, 7) is 11.1. The lowest BCUT2D eigenvalue weighted by atomic mass is 10.1. The van der Waals surface area contributed by atoms with Crippen molar-refractivity contribution < 1.29 is 14.2 Å². The maximum atomic E-state index is 5.68. The second kappa shape index (κ2) is 12.5. The first kappa shape index (κ1) is 24.9. The van der Waals surface area contributed by atoms with Gasteiger partial charge in [0.1, 0.15) is 17.2 Å². The van der Waals surface area contributed by atoms with Gasteiger partial charge in [-0.1, -0.05) is 13.8 Å². The zero-order valence-corrected chi connectivity index (χ0v) is 21.2. The lowest BCUT2D eigenvalue weighted by Crippen LogP contribution is -2.26. The van der Waals surface area contributed by atoms with Gasteiger partial charge in [0, 0.05) is 17.5 Å². The van der Waals surface area contributed by atoms with E-state index in [1.165, 1.54) is 0 Å². The van der Waals surface area contributed by atoms with Crippen molar-refractivity contribution >= 4 is 17.0 Å². The van der Waals surface area contributed by atoms with E-state index in [-0.39, 0.29) is 0 Å². The molecular formula is C26H35N3O3S. The minimum Gasteiger partial charge on any atom is -0.497 e. The molecule has 0 saturated carbocycles. The number of aromatic nitrogens is 1. The highest BCUT2D eigenvalue weighted by Crippen LogP contribution is 2.34. The van der Waals surface area contributed by atoms with Gasteiger partial charge in [0.15, 0.2) is 4.80 Å². The fourth-order valence-corrected chi connectivity index (χ4v) is 4.70. The molecule has 2 aromatic carbocycles. The summed E-state index contributed by atoms with van der Waals surface area (Å²) in [4.78, 5) is 8.37. The minimum absolute atomic E-state index is 0.652. The summed E-state index contributed by atoms with van der Waals surface area (Å²) < 4.78 is 19.0. The van der Waals surface area contributed by atoms with Gasteiger partial charge in [0.25, 0.3) is 0 Å². The number of hydrogen-bond acceptors (Lipinski definition) is 6. The Morgan fingerprint density at radius 3 is 2.30 bits per heavy atom. The minimum atomic E-state index is 0.652. The van der Waals surface area contributed by atoms with Crippen LogP contribution in [-0.2, 0) is 6.54 Å². The second-order valence-electron chi connectivity index (χ2n) is 7.54. The van der Waals surface area contributed by atoms with Gasteiger partial charge in [-0.25, -0.2) is 4.99 Å². The van der Waals surface area contributed by atoms with Gasteiger partial charge in [-0.2, -0.15) is 0 Å². The van der Waals surface area contributed by atoms with Crippen LogP contribution in [0, 0.1) is 0 Å². The van der Waals surface area contributed by atoms with Crippen LogP contribution in [0.5, 0.6) is 17.2 Å². The van der Waals surface area contributed by atoms with Crippen LogP contribution >= 0.6 is 11.3 Å². The van der Waals surface area contributed by atoms with Crippen molar-refractivity contribution in [2.24, 2.45) is 4.99 Å². The van der Waals surface area contributed by atoms with Crippen molar-refractivity contribution in [3.05, 3.63) is 52.6 Å². The zero-order chi connectivity index (χ0) is 23.6. The molecule has 0 aliphatic carbocycles. The first-order chi connectivity index (χ1) is 16.1. The van der Waals surface area contributed by atoms with Crippen LogP contribution in [0.4, 0.5) is 5.69 Å². The fourth-order valence-electron chi connectivity index (χ4n) is 3.75. The summed E-state index contributed by atoms with van der Waals surface area (Å²) in [7, 11) is 3.39. The molecule has 0 fully saturated rings. The third kappa shape index (κ3) is 6.39. The van der Waals surface area contributed by atoms with Crippen molar-refractivity contribution in [2.75, 3.05) is 40.5 Å². The number of ether oxygens (including phenoxy) is 3. The van der Waals surface area contributed by atoms with Gasteiger partial charge in [-0.15, -0.1) is 11.3 Å². The largest absolute Gasteiger partial charge is 0.497 e. The molecule has 0 N–H and O–H groups in total. The number of benzene rings is 2. The zero-order valence-electron chi connectivity index (χ0n) is 20.3. The topological polar surface area (TPSA) is 48.2 Å². The molecule has 0 spiro atoms. The lowest BCUT2D eigenvalue weighted by Gasteiger charge is -2.19. The normalized spacial score (nSPS) is 11.8. The van der Waals surface area contributed by atoms with E-state index in [0.717, 1.165) is 71.6 Å². The number of nitrogens with zero attached hydrogens (tertiary/aromatic N) is 3. The highest BCUT2D eigenvalue weighted by Gasteiger charge is 2.14. The van der Waals surface area contributed by atoms with Crippen molar-refractivity contribution in [1.82, 2.24) is 9.47 Å². The molecule has 0 saturated heterocycles. The maximum Gasteiger partial charge on any atom is 0.190 e. The summed E-state index contributed by atoms with van der Waals surface area (Å²) in [6.07, 6.45) is 1.04. The summed E-state index contributed by atoms with van der Waals surface area (Å²) in [5.74, 6) is 2.48. The van der Waals surface area contributed by atoms with Crippen molar-refractivity contribution in [1.29, 1.82) is 0 Å². The Kier molecular flexibility index (Phi) is 9.39. The molecule has 178 valence electrons. The van der Waals surface area contributed by atoms with Gasteiger partial charge in [0.05, 0.1) is 32.2 Å². The molecule has 33 heavy (non-hydrogen) atoms. The van der Waals surface area contributed by atoms with Gasteiger partial charge < -0.3 is 23.7 Å². The molecule has 3 aromatic rings. The highest BCUT2D eigenvalue weighted by molar-refractivity contribution is 7.07. The highest BCUT2D eigenvalue weighted by atomic mass is 32.1. The van der Waals surface area contributed by atoms with Gasteiger partial charge >= 0.3 is 0 Å². The monoisotopic (exact) mass is 469 g/mol. The Balaban J connectivity index is 2.02. The molecule has 3 rings (SSSR count). The standard InChI is InChI=1S/C26H35N3O3S/c1-6-28(7-2)16-9-17-29-24(23-18-22(30-4)14-15-25(23)31-5)19-33-26(29)27-20-10-12-21(13-11-20)32-8-3/h10-15,18-19H,6-9,16-17H2,1-5H3. The molecule has 6 nitrogen and oxygen atoms in total. The Hall–Kier alpha value is -2.77. The van der Waals surface area contributed by atoms with Crippen LogP contribution in [0.1, 0.15) is 27.2 Å². The van der Waals surface area contributed by atoms with E-state index in [2.05, 4.69) is 28.7 Å². The maximum absolute atomic E-state index is 5.68. The van der Waals surface area contributed by atoms with Crippen molar-refractivity contribution in [3.63, 3.8) is 0 Å². The molecule has 0 bridgehead atoms. The summed E-state index contributed by atoms with van der Waals surface area (Å²) >= 11 is 1.64. The molecule has 0 aliphatic heterocycles. The van der Waals surface area contributed by atoms with Crippen LogP contribution in [0.25, 0.3) is 11.3 Å². The van der Waals surface area contributed by atoms with Crippen LogP contribution in [-0.4, -0.2) is 49.9 Å². The van der Waals surface area contributed by atoms with Crippen LogP contribution < -0.4 is 19.0 Å². The molecule has 0 amide bonds. The molecule has 7 heteroatoms. The first-order valence-corrected chi connectivity index (χ1v) is 12.4.